The molecule has 2 N–H and O–H groups in total. The van der Waals surface area contributed by atoms with Crippen LogP contribution in [0.5, 0.6) is 5.75 Å². The van der Waals surface area contributed by atoms with Crippen molar-refractivity contribution in [2.75, 3.05) is 13.2 Å². The molecule has 0 spiro atoms. The summed E-state index contributed by atoms with van der Waals surface area (Å²) >= 11 is 0. The average Bonchev–Trinajstić information content (AvgIpc) is 2.52. The van der Waals surface area contributed by atoms with E-state index in [9.17, 15) is 22.8 Å². The minimum absolute atomic E-state index is 0.0394. The van der Waals surface area contributed by atoms with Gasteiger partial charge in [0.25, 0.3) is 0 Å². The van der Waals surface area contributed by atoms with Gasteiger partial charge in [0.1, 0.15) is 5.75 Å². The number of amides is 1. The lowest BCUT2D eigenvalue weighted by molar-refractivity contribution is -0.274. The number of aliphatic carboxylic acids is 1. The van der Waals surface area contributed by atoms with E-state index < -0.39 is 23.8 Å². The number of carboxylic acid groups (broad SMARTS) is 1. The van der Waals surface area contributed by atoms with Crippen molar-refractivity contribution in [3.63, 3.8) is 0 Å². The van der Waals surface area contributed by atoms with Crippen LogP contribution in [0.3, 0.4) is 0 Å². The van der Waals surface area contributed by atoms with Crippen LogP contribution < -0.4 is 10.1 Å². The standard InChI is InChI=1S/C17H20F3NO5/c18-17(19,20)26-13-4-2-1-3-12(13)5-6-14(22)21-16(11-15(23)24)7-9-25-10-8-16/h1-4H,5-11H2,(H,21,22)(H,23,24). The Kier molecular flexibility index (Phi) is 6.47. The molecule has 9 heteroatoms. The van der Waals surface area contributed by atoms with Gasteiger partial charge in [-0.1, -0.05) is 18.2 Å². The number of aryl methyl sites for hydroxylation is 1. The Morgan fingerprint density at radius 1 is 1.23 bits per heavy atom. The second-order valence-corrected chi connectivity index (χ2v) is 6.17. The molecule has 0 aliphatic carbocycles. The van der Waals surface area contributed by atoms with E-state index in [0.29, 0.717) is 26.1 Å². The highest BCUT2D eigenvalue weighted by molar-refractivity contribution is 5.78. The third-order valence-electron chi connectivity index (χ3n) is 4.16. The molecule has 2 rings (SSSR count). The topological polar surface area (TPSA) is 84.9 Å². The summed E-state index contributed by atoms with van der Waals surface area (Å²) in [6.45, 7) is 0.686. The van der Waals surface area contributed by atoms with Crippen LogP contribution in [0.25, 0.3) is 0 Å². The first-order chi connectivity index (χ1) is 12.2. The molecule has 0 aromatic heterocycles. The fraction of sp³-hybridized carbons (Fsp3) is 0.529. The quantitative estimate of drug-likeness (QED) is 0.765. The van der Waals surface area contributed by atoms with Crippen molar-refractivity contribution in [1.29, 1.82) is 0 Å². The summed E-state index contributed by atoms with van der Waals surface area (Å²) in [6, 6.07) is 5.61. The molecule has 1 aromatic carbocycles. The number of carboxylic acids is 1. The SMILES string of the molecule is O=C(O)CC1(NC(=O)CCc2ccccc2OC(F)(F)F)CCOCC1. The number of hydrogen-bond donors (Lipinski definition) is 2. The van der Waals surface area contributed by atoms with Crippen LogP contribution >= 0.6 is 0 Å². The molecule has 1 amide bonds. The molecule has 0 bridgehead atoms. The Hall–Kier alpha value is -2.29. The fourth-order valence-electron chi connectivity index (χ4n) is 2.94. The molecule has 144 valence electrons. The lowest BCUT2D eigenvalue weighted by atomic mass is 9.86. The molecule has 1 fully saturated rings. The maximum absolute atomic E-state index is 12.4. The maximum atomic E-state index is 12.4. The molecule has 1 aromatic rings. The van der Waals surface area contributed by atoms with E-state index in [-0.39, 0.29) is 30.6 Å². The highest BCUT2D eigenvalue weighted by atomic mass is 19.4. The molecule has 1 heterocycles. The number of halogens is 3. The Bertz CT molecular complexity index is 642. The molecule has 0 radical (unpaired) electrons. The van der Waals surface area contributed by atoms with Crippen LogP contribution in [-0.2, 0) is 20.7 Å². The van der Waals surface area contributed by atoms with Gasteiger partial charge in [0.2, 0.25) is 5.91 Å². The Morgan fingerprint density at radius 3 is 2.50 bits per heavy atom. The van der Waals surface area contributed by atoms with Gasteiger partial charge in [-0.25, -0.2) is 0 Å². The molecule has 1 aliphatic heterocycles. The predicted molar refractivity (Wildman–Crippen MR) is 84.6 cm³/mol. The van der Waals surface area contributed by atoms with Gasteiger partial charge in [-0.15, -0.1) is 13.2 Å². The number of carbonyl (C=O) groups is 2. The summed E-state index contributed by atoms with van der Waals surface area (Å²) in [5.41, 5.74) is -0.636. The third kappa shape index (κ3) is 6.21. The van der Waals surface area contributed by atoms with Crippen molar-refractivity contribution in [2.45, 2.75) is 44.0 Å². The van der Waals surface area contributed by atoms with Crippen molar-refractivity contribution in [3.05, 3.63) is 29.8 Å². The van der Waals surface area contributed by atoms with Crippen molar-refractivity contribution >= 4 is 11.9 Å². The van der Waals surface area contributed by atoms with E-state index in [1.54, 1.807) is 6.07 Å². The number of carbonyl (C=O) groups excluding carboxylic acids is 1. The second kappa shape index (κ2) is 8.39. The van der Waals surface area contributed by atoms with E-state index in [1.807, 2.05) is 0 Å². The summed E-state index contributed by atoms with van der Waals surface area (Å²) in [6.07, 6.45) is -4.34. The molecular formula is C17H20F3NO5. The first-order valence-corrected chi connectivity index (χ1v) is 8.13. The van der Waals surface area contributed by atoms with Gasteiger partial charge < -0.3 is 19.9 Å². The third-order valence-corrected chi connectivity index (χ3v) is 4.16. The maximum Gasteiger partial charge on any atom is 0.573 e. The Morgan fingerprint density at radius 2 is 1.88 bits per heavy atom. The van der Waals surface area contributed by atoms with Crippen LogP contribution in [0.2, 0.25) is 0 Å². The van der Waals surface area contributed by atoms with E-state index in [0.717, 1.165) is 0 Å². The zero-order valence-corrected chi connectivity index (χ0v) is 14.0. The number of benzene rings is 1. The molecule has 6 nitrogen and oxygen atoms in total. The first-order valence-electron chi connectivity index (χ1n) is 8.13. The zero-order valence-electron chi connectivity index (χ0n) is 14.0. The van der Waals surface area contributed by atoms with Crippen LogP contribution in [0.15, 0.2) is 24.3 Å². The average molecular weight is 375 g/mol. The summed E-state index contributed by atoms with van der Waals surface area (Å²) in [5, 5.41) is 11.8. The monoisotopic (exact) mass is 375 g/mol. The predicted octanol–water partition coefficient (Wildman–Crippen LogP) is 2.66. The van der Waals surface area contributed by atoms with Crippen LogP contribution in [0, 0.1) is 0 Å². The summed E-state index contributed by atoms with van der Waals surface area (Å²) in [7, 11) is 0. The van der Waals surface area contributed by atoms with Gasteiger partial charge in [0.15, 0.2) is 0 Å². The van der Waals surface area contributed by atoms with E-state index >= 15 is 0 Å². The van der Waals surface area contributed by atoms with Crippen molar-refractivity contribution in [2.24, 2.45) is 0 Å². The Labute approximate surface area is 148 Å². The normalized spacial score (nSPS) is 16.7. The summed E-state index contributed by atoms with van der Waals surface area (Å²) < 4.78 is 46.5. The minimum Gasteiger partial charge on any atom is -0.481 e. The van der Waals surface area contributed by atoms with E-state index in [1.165, 1.54) is 18.2 Å². The lowest BCUT2D eigenvalue weighted by Crippen LogP contribution is -2.53. The molecule has 26 heavy (non-hydrogen) atoms. The van der Waals surface area contributed by atoms with Crippen LogP contribution in [0.1, 0.15) is 31.2 Å². The summed E-state index contributed by atoms with van der Waals surface area (Å²) in [5.74, 6) is -1.80. The van der Waals surface area contributed by atoms with E-state index in [4.69, 9.17) is 9.84 Å². The van der Waals surface area contributed by atoms with Gasteiger partial charge in [0.05, 0.1) is 12.0 Å². The zero-order chi connectivity index (χ0) is 19.2. The smallest absolute Gasteiger partial charge is 0.481 e. The number of rotatable bonds is 7. The van der Waals surface area contributed by atoms with Gasteiger partial charge in [-0.3, -0.25) is 9.59 Å². The molecule has 0 unspecified atom stereocenters. The molecule has 1 saturated heterocycles. The Balaban J connectivity index is 1.99. The minimum atomic E-state index is -4.81. The molecule has 0 saturated carbocycles. The van der Waals surface area contributed by atoms with Crippen LogP contribution in [-0.4, -0.2) is 42.1 Å². The van der Waals surface area contributed by atoms with Gasteiger partial charge in [-0.05, 0) is 30.9 Å². The highest BCUT2D eigenvalue weighted by Crippen LogP contribution is 2.28. The van der Waals surface area contributed by atoms with E-state index in [2.05, 4.69) is 10.1 Å². The molecule has 1 aliphatic rings. The number of alkyl halides is 3. The number of nitrogens with one attached hydrogen (secondary N) is 1. The largest absolute Gasteiger partial charge is 0.573 e. The fourth-order valence-corrected chi connectivity index (χ4v) is 2.94. The first kappa shape index (κ1) is 20.0. The van der Waals surface area contributed by atoms with Crippen molar-refractivity contribution in [1.82, 2.24) is 5.32 Å². The number of hydrogen-bond acceptors (Lipinski definition) is 4. The van der Waals surface area contributed by atoms with Gasteiger partial charge >= 0.3 is 12.3 Å². The highest BCUT2D eigenvalue weighted by Gasteiger charge is 2.36. The van der Waals surface area contributed by atoms with Crippen molar-refractivity contribution < 1.29 is 37.3 Å². The number of ether oxygens (including phenoxy) is 2. The lowest BCUT2D eigenvalue weighted by Gasteiger charge is -2.36. The molecule has 0 atom stereocenters. The number of para-hydroxylation sites is 1. The second-order valence-electron chi connectivity index (χ2n) is 6.17. The van der Waals surface area contributed by atoms with Crippen LogP contribution in [0.4, 0.5) is 13.2 Å². The summed E-state index contributed by atoms with van der Waals surface area (Å²) in [4.78, 5) is 23.4. The molecular weight excluding hydrogens is 355 g/mol. The van der Waals surface area contributed by atoms with Gasteiger partial charge in [0, 0.05) is 19.6 Å². The van der Waals surface area contributed by atoms with Crippen molar-refractivity contribution in [3.8, 4) is 5.75 Å². The van der Waals surface area contributed by atoms with Gasteiger partial charge in [-0.2, -0.15) is 0 Å².